The number of benzene rings is 1. The van der Waals surface area contributed by atoms with Crippen molar-refractivity contribution in [1.29, 1.82) is 0 Å². The van der Waals surface area contributed by atoms with Crippen molar-refractivity contribution in [3.63, 3.8) is 0 Å². The summed E-state index contributed by atoms with van der Waals surface area (Å²) in [7, 11) is -3.13. The monoisotopic (exact) mass is 297 g/mol. The van der Waals surface area contributed by atoms with Gasteiger partial charge >= 0.3 is 0 Å². The Kier molecular flexibility index (Phi) is 5.05. The van der Waals surface area contributed by atoms with Crippen molar-refractivity contribution < 1.29 is 13.5 Å². The van der Waals surface area contributed by atoms with Crippen LogP contribution in [0.1, 0.15) is 32.6 Å². The van der Waals surface area contributed by atoms with Crippen LogP contribution in [0.5, 0.6) is 0 Å². The Morgan fingerprint density at radius 3 is 2.55 bits per heavy atom. The number of aliphatic hydroxyl groups is 1. The average molecular weight is 297 g/mol. The summed E-state index contributed by atoms with van der Waals surface area (Å²) in [5.74, 6) is 0.128. The third kappa shape index (κ3) is 3.33. The number of hydrogen-bond acceptors (Lipinski definition) is 4. The van der Waals surface area contributed by atoms with Gasteiger partial charge in [-0.15, -0.1) is 0 Å². The lowest BCUT2D eigenvalue weighted by Gasteiger charge is -2.37. The van der Waals surface area contributed by atoms with E-state index in [-0.39, 0.29) is 12.4 Å². The third-order valence-corrected chi connectivity index (χ3v) is 5.75. The second-order valence-electron chi connectivity index (χ2n) is 5.25. The molecule has 1 aromatic rings. The summed E-state index contributed by atoms with van der Waals surface area (Å²) < 4.78 is 23.6. The molecule has 1 saturated heterocycles. The first kappa shape index (κ1) is 15.3. The molecule has 1 aromatic carbocycles. The molecule has 0 bridgehead atoms. The molecule has 0 aliphatic carbocycles. The summed E-state index contributed by atoms with van der Waals surface area (Å²) in [5, 5.41) is 9.16. The Balaban J connectivity index is 2.20. The molecule has 20 heavy (non-hydrogen) atoms. The van der Waals surface area contributed by atoms with E-state index in [0.717, 1.165) is 31.5 Å². The summed E-state index contributed by atoms with van der Waals surface area (Å²) in [6.07, 6.45) is 4.21. The molecule has 0 spiro atoms. The Morgan fingerprint density at radius 2 is 1.95 bits per heavy atom. The highest BCUT2D eigenvalue weighted by molar-refractivity contribution is 7.91. The molecule has 112 valence electrons. The maximum atomic E-state index is 11.8. The molecule has 1 N–H and O–H groups in total. The van der Waals surface area contributed by atoms with Gasteiger partial charge in [0.2, 0.25) is 0 Å². The number of aliphatic hydroxyl groups excluding tert-OH is 1. The number of rotatable bonds is 5. The lowest BCUT2D eigenvalue weighted by Crippen LogP contribution is -2.40. The number of hydrogen-bond donors (Lipinski definition) is 1. The van der Waals surface area contributed by atoms with Crippen molar-refractivity contribution in [2.24, 2.45) is 0 Å². The van der Waals surface area contributed by atoms with Gasteiger partial charge in [-0.1, -0.05) is 6.92 Å². The van der Waals surface area contributed by atoms with E-state index in [1.165, 1.54) is 6.42 Å². The van der Waals surface area contributed by atoms with E-state index < -0.39 is 9.84 Å². The summed E-state index contributed by atoms with van der Waals surface area (Å²) in [4.78, 5) is 2.68. The van der Waals surface area contributed by atoms with Crippen molar-refractivity contribution >= 4 is 15.5 Å². The van der Waals surface area contributed by atoms with E-state index in [4.69, 9.17) is 5.11 Å². The topological polar surface area (TPSA) is 57.6 Å². The van der Waals surface area contributed by atoms with Gasteiger partial charge in [-0.2, -0.15) is 0 Å². The van der Waals surface area contributed by atoms with E-state index in [1.807, 2.05) is 12.1 Å². The van der Waals surface area contributed by atoms with Gasteiger partial charge in [0.15, 0.2) is 9.84 Å². The minimum absolute atomic E-state index is 0.128. The molecule has 2 rings (SSSR count). The number of nitrogens with zero attached hydrogens (tertiary/aromatic N) is 1. The van der Waals surface area contributed by atoms with Gasteiger partial charge < -0.3 is 10.0 Å². The van der Waals surface area contributed by atoms with Crippen molar-refractivity contribution in [3.05, 3.63) is 24.3 Å². The van der Waals surface area contributed by atoms with Crippen LogP contribution < -0.4 is 4.90 Å². The Morgan fingerprint density at radius 1 is 1.25 bits per heavy atom. The smallest absolute Gasteiger partial charge is 0.178 e. The van der Waals surface area contributed by atoms with Crippen molar-refractivity contribution in [2.75, 3.05) is 23.8 Å². The van der Waals surface area contributed by atoms with Crippen LogP contribution in [0.4, 0.5) is 5.69 Å². The van der Waals surface area contributed by atoms with Crippen LogP contribution in [0.3, 0.4) is 0 Å². The molecule has 0 radical (unpaired) electrons. The van der Waals surface area contributed by atoms with Gasteiger partial charge in [0.05, 0.1) is 10.6 Å². The lowest BCUT2D eigenvalue weighted by atomic mass is 9.99. The van der Waals surface area contributed by atoms with Crippen LogP contribution in [0, 0.1) is 0 Å². The van der Waals surface area contributed by atoms with Gasteiger partial charge in [0, 0.05) is 24.9 Å². The quantitative estimate of drug-likeness (QED) is 0.905. The zero-order chi connectivity index (χ0) is 14.6. The van der Waals surface area contributed by atoms with Crippen molar-refractivity contribution in [1.82, 2.24) is 0 Å². The molecule has 1 aliphatic rings. The average Bonchev–Trinajstić information content (AvgIpc) is 2.48. The summed E-state index contributed by atoms with van der Waals surface area (Å²) >= 11 is 0. The minimum Gasteiger partial charge on any atom is -0.396 e. The summed E-state index contributed by atoms with van der Waals surface area (Å²) in [6, 6.07) is 7.52. The fourth-order valence-electron chi connectivity index (χ4n) is 2.80. The van der Waals surface area contributed by atoms with Crippen LogP contribution >= 0.6 is 0 Å². The van der Waals surface area contributed by atoms with Crippen molar-refractivity contribution in [3.8, 4) is 0 Å². The predicted molar refractivity (Wildman–Crippen MR) is 80.9 cm³/mol. The zero-order valence-electron chi connectivity index (χ0n) is 12.0. The number of anilines is 1. The molecule has 5 heteroatoms. The van der Waals surface area contributed by atoms with Crippen LogP contribution in [-0.4, -0.2) is 38.5 Å². The first-order valence-corrected chi connectivity index (χ1v) is 8.94. The van der Waals surface area contributed by atoms with E-state index >= 15 is 0 Å². The van der Waals surface area contributed by atoms with Gasteiger partial charge in [0.25, 0.3) is 0 Å². The fraction of sp³-hybridized carbons (Fsp3) is 0.600. The van der Waals surface area contributed by atoms with Crippen LogP contribution in [0.2, 0.25) is 0 Å². The lowest BCUT2D eigenvalue weighted by molar-refractivity contribution is 0.262. The molecule has 1 atom stereocenters. The van der Waals surface area contributed by atoms with E-state index in [2.05, 4.69) is 4.90 Å². The molecular weight excluding hydrogens is 274 g/mol. The highest BCUT2D eigenvalue weighted by Crippen LogP contribution is 2.27. The zero-order valence-corrected chi connectivity index (χ0v) is 12.8. The second-order valence-corrected chi connectivity index (χ2v) is 7.53. The number of sulfone groups is 1. The van der Waals surface area contributed by atoms with Gasteiger partial charge in [-0.05, 0) is 49.9 Å². The first-order chi connectivity index (χ1) is 9.58. The van der Waals surface area contributed by atoms with Gasteiger partial charge in [-0.25, -0.2) is 8.42 Å². The van der Waals surface area contributed by atoms with Gasteiger partial charge in [-0.3, -0.25) is 0 Å². The molecule has 0 saturated carbocycles. The maximum absolute atomic E-state index is 11.8. The van der Waals surface area contributed by atoms with Crippen LogP contribution in [-0.2, 0) is 9.84 Å². The molecule has 4 nitrogen and oxygen atoms in total. The van der Waals surface area contributed by atoms with E-state index in [0.29, 0.717) is 10.9 Å². The van der Waals surface area contributed by atoms with E-state index in [1.54, 1.807) is 19.1 Å². The first-order valence-electron chi connectivity index (χ1n) is 7.29. The molecular formula is C15H23NO3S. The Bertz CT molecular complexity index is 523. The van der Waals surface area contributed by atoms with Crippen molar-refractivity contribution in [2.45, 2.75) is 43.5 Å². The molecule has 1 aliphatic heterocycles. The minimum atomic E-state index is -3.13. The normalized spacial score (nSPS) is 20.1. The summed E-state index contributed by atoms with van der Waals surface area (Å²) in [5.41, 5.74) is 1.05. The van der Waals surface area contributed by atoms with E-state index in [9.17, 15) is 8.42 Å². The maximum Gasteiger partial charge on any atom is 0.178 e. The molecule has 1 heterocycles. The highest BCUT2D eigenvalue weighted by atomic mass is 32.2. The standard InChI is InChI=1S/C15H23NO3S/c1-2-20(18,19)15-8-6-14(7-9-15)16-11-4-3-5-13(16)10-12-17/h6-9,13,17H,2-5,10-12H2,1H3. The summed E-state index contributed by atoms with van der Waals surface area (Å²) in [6.45, 7) is 2.83. The number of piperidine rings is 1. The molecule has 0 amide bonds. The van der Waals surface area contributed by atoms with Crippen LogP contribution in [0.25, 0.3) is 0 Å². The molecule has 1 fully saturated rings. The Hall–Kier alpha value is -1.07. The Labute approximate surface area is 121 Å². The fourth-order valence-corrected chi connectivity index (χ4v) is 3.69. The second kappa shape index (κ2) is 6.59. The highest BCUT2D eigenvalue weighted by Gasteiger charge is 2.22. The van der Waals surface area contributed by atoms with Crippen LogP contribution in [0.15, 0.2) is 29.2 Å². The SMILES string of the molecule is CCS(=O)(=O)c1ccc(N2CCCCC2CCO)cc1. The largest absolute Gasteiger partial charge is 0.396 e. The molecule has 1 unspecified atom stereocenters. The van der Waals surface area contributed by atoms with Gasteiger partial charge in [0.1, 0.15) is 0 Å². The predicted octanol–water partition coefficient (Wildman–Crippen LogP) is 2.22. The molecule has 0 aromatic heterocycles. The third-order valence-electron chi connectivity index (χ3n) is 4.00.